The van der Waals surface area contributed by atoms with Crippen LogP contribution in [0.5, 0.6) is 0 Å². The van der Waals surface area contributed by atoms with Gasteiger partial charge in [-0.1, -0.05) is 6.07 Å². The van der Waals surface area contributed by atoms with Crippen LogP contribution in [0.2, 0.25) is 0 Å². The zero-order valence-electron chi connectivity index (χ0n) is 15.0. The Morgan fingerprint density at radius 3 is 2.56 bits per heavy atom. The summed E-state index contributed by atoms with van der Waals surface area (Å²) < 4.78 is 5.26. The minimum Gasteiger partial charge on any atom is -0.444 e. The van der Waals surface area contributed by atoms with Crippen LogP contribution in [0.25, 0.3) is 0 Å². The molecule has 0 atom stereocenters. The van der Waals surface area contributed by atoms with Crippen LogP contribution in [0.4, 0.5) is 10.6 Å². The lowest BCUT2D eigenvalue weighted by atomic mass is 10.2. The number of hydrogen-bond acceptors (Lipinski definition) is 5. The number of pyridine rings is 1. The number of aromatic nitrogens is 1. The molecule has 1 N–H and O–H groups in total. The van der Waals surface area contributed by atoms with Gasteiger partial charge in [-0.05, 0) is 39.3 Å². The molecule has 2 rings (SSSR count). The Morgan fingerprint density at radius 1 is 1.28 bits per heavy atom. The highest BCUT2D eigenvalue weighted by molar-refractivity contribution is 5.94. The zero-order valence-corrected chi connectivity index (χ0v) is 15.0. The van der Waals surface area contributed by atoms with Crippen molar-refractivity contribution >= 4 is 23.7 Å². The number of nitrogens with one attached hydrogen (secondary N) is 1. The van der Waals surface area contributed by atoms with Gasteiger partial charge in [0.1, 0.15) is 24.5 Å². The fourth-order valence-corrected chi connectivity index (χ4v) is 2.26. The summed E-state index contributed by atoms with van der Waals surface area (Å²) in [5.41, 5.74) is 0.379. The van der Waals surface area contributed by atoms with Crippen LogP contribution >= 0.6 is 0 Å². The minimum atomic E-state index is -0.613. The second kappa shape index (κ2) is 7.50. The molecular formula is C17H24N4O4. The monoisotopic (exact) mass is 348 g/mol. The number of carbonyl (C=O) groups is 3. The quantitative estimate of drug-likeness (QED) is 0.892. The van der Waals surface area contributed by atoms with Crippen molar-refractivity contribution in [1.82, 2.24) is 14.8 Å². The molecule has 1 aliphatic rings. The van der Waals surface area contributed by atoms with Gasteiger partial charge in [-0.3, -0.25) is 14.5 Å². The fourth-order valence-electron chi connectivity index (χ4n) is 2.26. The van der Waals surface area contributed by atoms with E-state index in [0.717, 1.165) is 5.56 Å². The topological polar surface area (TPSA) is 91.8 Å². The van der Waals surface area contributed by atoms with E-state index in [2.05, 4.69) is 10.3 Å². The highest BCUT2D eigenvalue weighted by atomic mass is 16.6. The fraction of sp³-hybridized carbons (Fsp3) is 0.529. The SMILES string of the molecule is Cc1ccc(NC(=O)CN2CCN(C(=O)OC(C)(C)C)CC2=O)nc1. The predicted molar refractivity (Wildman–Crippen MR) is 92.0 cm³/mol. The molecule has 1 aliphatic heterocycles. The smallest absolute Gasteiger partial charge is 0.410 e. The van der Waals surface area contributed by atoms with Gasteiger partial charge in [-0.2, -0.15) is 0 Å². The third-order valence-electron chi connectivity index (χ3n) is 3.48. The first-order chi connectivity index (χ1) is 11.6. The Bertz CT molecular complexity index is 652. The van der Waals surface area contributed by atoms with Gasteiger partial charge in [0.25, 0.3) is 0 Å². The molecule has 1 aromatic rings. The normalized spacial score (nSPS) is 15.1. The van der Waals surface area contributed by atoms with Crippen LogP contribution in [-0.2, 0) is 14.3 Å². The van der Waals surface area contributed by atoms with Crippen molar-refractivity contribution in [1.29, 1.82) is 0 Å². The van der Waals surface area contributed by atoms with Gasteiger partial charge >= 0.3 is 6.09 Å². The summed E-state index contributed by atoms with van der Waals surface area (Å²) in [6, 6.07) is 3.54. The van der Waals surface area contributed by atoms with E-state index in [9.17, 15) is 14.4 Å². The molecule has 8 heteroatoms. The van der Waals surface area contributed by atoms with Gasteiger partial charge in [0.15, 0.2) is 0 Å². The summed E-state index contributed by atoms with van der Waals surface area (Å²) in [5.74, 6) is -0.171. The average Bonchev–Trinajstić information content (AvgIpc) is 2.50. The lowest BCUT2D eigenvalue weighted by molar-refractivity contribution is -0.138. The second-order valence-electron chi connectivity index (χ2n) is 6.99. The molecule has 1 saturated heterocycles. The molecule has 1 aromatic heterocycles. The molecule has 3 amide bonds. The summed E-state index contributed by atoms with van der Waals surface area (Å²) in [4.78, 5) is 43.1. The molecule has 0 unspecified atom stereocenters. The number of carbonyl (C=O) groups excluding carboxylic acids is 3. The van der Waals surface area contributed by atoms with Crippen LogP contribution in [-0.4, -0.2) is 64.5 Å². The maximum atomic E-state index is 12.2. The first kappa shape index (κ1) is 18.7. The van der Waals surface area contributed by atoms with E-state index in [1.165, 1.54) is 9.80 Å². The first-order valence-electron chi connectivity index (χ1n) is 8.12. The predicted octanol–water partition coefficient (Wildman–Crippen LogP) is 1.41. The van der Waals surface area contributed by atoms with E-state index in [-0.39, 0.29) is 31.4 Å². The molecule has 0 aromatic carbocycles. The number of piperazine rings is 1. The molecule has 8 nitrogen and oxygen atoms in total. The number of aryl methyl sites for hydroxylation is 1. The van der Waals surface area contributed by atoms with Crippen LogP contribution < -0.4 is 5.32 Å². The largest absolute Gasteiger partial charge is 0.444 e. The van der Waals surface area contributed by atoms with Gasteiger partial charge in [-0.25, -0.2) is 9.78 Å². The van der Waals surface area contributed by atoms with E-state index in [4.69, 9.17) is 4.74 Å². The molecule has 2 heterocycles. The first-order valence-corrected chi connectivity index (χ1v) is 8.12. The number of amides is 3. The van der Waals surface area contributed by atoms with E-state index in [0.29, 0.717) is 12.4 Å². The van der Waals surface area contributed by atoms with Gasteiger partial charge < -0.3 is 15.0 Å². The molecular weight excluding hydrogens is 324 g/mol. The number of anilines is 1. The summed E-state index contributed by atoms with van der Waals surface area (Å²) in [6.45, 7) is 7.66. The number of hydrogen-bond donors (Lipinski definition) is 1. The highest BCUT2D eigenvalue weighted by Crippen LogP contribution is 2.12. The summed E-state index contributed by atoms with van der Waals surface area (Å²) >= 11 is 0. The molecule has 136 valence electrons. The number of ether oxygens (including phenoxy) is 1. The van der Waals surface area contributed by atoms with Crippen molar-refractivity contribution < 1.29 is 19.1 Å². The number of rotatable bonds is 3. The standard InChI is InChI=1S/C17H24N4O4/c1-12-5-6-13(18-9-12)19-14(22)10-20-7-8-21(11-15(20)23)16(24)25-17(2,3)4/h5-6,9H,7-8,10-11H2,1-4H3,(H,18,19,22). The van der Waals surface area contributed by atoms with Crippen molar-refractivity contribution in [2.75, 3.05) is 31.5 Å². The van der Waals surface area contributed by atoms with Crippen molar-refractivity contribution in [2.45, 2.75) is 33.3 Å². The Labute approximate surface area is 147 Å². The van der Waals surface area contributed by atoms with E-state index < -0.39 is 11.7 Å². The lowest BCUT2D eigenvalue weighted by Crippen LogP contribution is -2.54. The molecule has 0 radical (unpaired) electrons. The molecule has 25 heavy (non-hydrogen) atoms. The summed E-state index contributed by atoms with van der Waals surface area (Å²) in [7, 11) is 0. The lowest BCUT2D eigenvalue weighted by Gasteiger charge is -2.34. The van der Waals surface area contributed by atoms with Crippen LogP contribution in [0.15, 0.2) is 18.3 Å². The zero-order chi connectivity index (χ0) is 18.6. The highest BCUT2D eigenvalue weighted by Gasteiger charge is 2.31. The van der Waals surface area contributed by atoms with Gasteiger partial charge in [0.2, 0.25) is 11.8 Å². The van der Waals surface area contributed by atoms with E-state index >= 15 is 0 Å². The Hall–Kier alpha value is -2.64. The average molecular weight is 348 g/mol. The molecule has 1 fully saturated rings. The van der Waals surface area contributed by atoms with Gasteiger partial charge in [-0.15, -0.1) is 0 Å². The maximum absolute atomic E-state index is 12.2. The number of nitrogens with zero attached hydrogens (tertiary/aromatic N) is 3. The third kappa shape index (κ3) is 5.74. The Morgan fingerprint density at radius 2 is 2.00 bits per heavy atom. The van der Waals surface area contributed by atoms with Gasteiger partial charge in [0.05, 0.1) is 0 Å². The molecule has 0 spiro atoms. The molecule has 0 bridgehead atoms. The van der Waals surface area contributed by atoms with Crippen LogP contribution in [0.3, 0.4) is 0 Å². The van der Waals surface area contributed by atoms with Crippen molar-refractivity contribution in [3.05, 3.63) is 23.9 Å². The van der Waals surface area contributed by atoms with E-state index in [1.54, 1.807) is 33.0 Å². The second-order valence-corrected chi connectivity index (χ2v) is 6.99. The van der Waals surface area contributed by atoms with Crippen molar-refractivity contribution in [3.8, 4) is 0 Å². The molecule has 0 saturated carbocycles. The van der Waals surface area contributed by atoms with Crippen LogP contribution in [0, 0.1) is 6.92 Å². The summed E-state index contributed by atoms with van der Waals surface area (Å²) in [5, 5.41) is 2.65. The van der Waals surface area contributed by atoms with Crippen LogP contribution in [0.1, 0.15) is 26.3 Å². The summed E-state index contributed by atoms with van der Waals surface area (Å²) in [6.07, 6.45) is 1.13. The third-order valence-corrected chi connectivity index (χ3v) is 3.48. The minimum absolute atomic E-state index is 0.0729. The van der Waals surface area contributed by atoms with Crippen molar-refractivity contribution in [2.24, 2.45) is 0 Å². The maximum Gasteiger partial charge on any atom is 0.410 e. The van der Waals surface area contributed by atoms with Crippen molar-refractivity contribution in [3.63, 3.8) is 0 Å². The van der Waals surface area contributed by atoms with Gasteiger partial charge in [0, 0.05) is 19.3 Å². The van der Waals surface area contributed by atoms with E-state index in [1.807, 2.05) is 13.0 Å². The Balaban J connectivity index is 1.84. The molecule has 0 aliphatic carbocycles. The Kier molecular flexibility index (Phi) is 5.61.